The van der Waals surface area contributed by atoms with Crippen LogP contribution in [-0.2, 0) is 22.6 Å². The first-order chi connectivity index (χ1) is 15.8. The van der Waals surface area contributed by atoms with E-state index in [-0.39, 0.29) is 24.0 Å². The van der Waals surface area contributed by atoms with Crippen LogP contribution in [0.2, 0.25) is 10.0 Å². The van der Waals surface area contributed by atoms with Gasteiger partial charge in [0.1, 0.15) is 5.82 Å². The van der Waals surface area contributed by atoms with Crippen molar-refractivity contribution in [3.63, 3.8) is 0 Å². The molecule has 0 unspecified atom stereocenters. The Morgan fingerprint density at radius 2 is 1.82 bits per heavy atom. The summed E-state index contributed by atoms with van der Waals surface area (Å²) in [6.07, 6.45) is 1.73. The molecule has 0 fully saturated rings. The van der Waals surface area contributed by atoms with Gasteiger partial charge in [0.15, 0.2) is 5.16 Å². The highest BCUT2D eigenvalue weighted by Crippen LogP contribution is 2.26. The van der Waals surface area contributed by atoms with Crippen molar-refractivity contribution in [1.82, 2.24) is 14.8 Å². The Kier molecular flexibility index (Phi) is 8.55. The molecule has 1 aromatic heterocycles. The third-order valence-corrected chi connectivity index (χ3v) is 6.15. The van der Waals surface area contributed by atoms with E-state index in [4.69, 9.17) is 23.2 Å². The van der Waals surface area contributed by atoms with Crippen LogP contribution in [0.5, 0.6) is 0 Å². The smallest absolute Gasteiger partial charge is 0.234 e. The summed E-state index contributed by atoms with van der Waals surface area (Å²) in [5.41, 5.74) is 3.30. The van der Waals surface area contributed by atoms with Crippen molar-refractivity contribution in [2.45, 2.75) is 32.0 Å². The second-order valence-electron chi connectivity index (χ2n) is 7.30. The fourth-order valence-corrected chi connectivity index (χ4v) is 4.17. The lowest BCUT2D eigenvalue weighted by Crippen LogP contribution is -2.18. The molecule has 3 rings (SSSR count). The third kappa shape index (κ3) is 6.83. The van der Waals surface area contributed by atoms with Crippen LogP contribution in [0.4, 0.5) is 11.4 Å². The highest BCUT2D eigenvalue weighted by Gasteiger charge is 2.17. The molecule has 0 spiro atoms. The number of amides is 2. The summed E-state index contributed by atoms with van der Waals surface area (Å²) in [7, 11) is 0. The van der Waals surface area contributed by atoms with Crippen molar-refractivity contribution >= 4 is 58.2 Å². The van der Waals surface area contributed by atoms with Crippen LogP contribution in [0.25, 0.3) is 0 Å². The second kappa shape index (κ2) is 11.4. The molecule has 33 heavy (non-hydrogen) atoms. The maximum absolute atomic E-state index is 12.6. The minimum absolute atomic E-state index is 0.0407. The van der Waals surface area contributed by atoms with Gasteiger partial charge in [0.2, 0.25) is 11.8 Å². The molecule has 2 N–H and O–H groups in total. The molecule has 2 aromatic carbocycles. The summed E-state index contributed by atoms with van der Waals surface area (Å²) in [4.78, 5) is 25.0. The van der Waals surface area contributed by atoms with Gasteiger partial charge in [-0.3, -0.25) is 9.59 Å². The summed E-state index contributed by atoms with van der Waals surface area (Å²) < 4.78 is 1.76. The van der Waals surface area contributed by atoms with E-state index in [1.54, 1.807) is 28.8 Å². The predicted molar refractivity (Wildman–Crippen MR) is 134 cm³/mol. The van der Waals surface area contributed by atoms with Crippen molar-refractivity contribution in [1.29, 1.82) is 0 Å². The lowest BCUT2D eigenvalue weighted by Gasteiger charge is -2.11. The average molecular weight is 504 g/mol. The number of benzene rings is 2. The number of anilines is 2. The number of thioether (sulfide) groups is 1. The molecule has 0 aliphatic heterocycles. The van der Waals surface area contributed by atoms with E-state index in [1.807, 2.05) is 32.0 Å². The number of aryl methyl sites for hydroxylation is 2. The monoisotopic (exact) mass is 503 g/mol. The van der Waals surface area contributed by atoms with E-state index in [0.29, 0.717) is 33.3 Å². The van der Waals surface area contributed by atoms with E-state index in [9.17, 15) is 9.59 Å². The molecule has 0 radical (unpaired) electrons. The van der Waals surface area contributed by atoms with Crippen molar-refractivity contribution in [2.24, 2.45) is 0 Å². The number of nitrogens with zero attached hydrogens (tertiary/aromatic N) is 3. The molecule has 10 heteroatoms. The maximum Gasteiger partial charge on any atom is 0.234 e. The number of aromatic nitrogens is 3. The van der Waals surface area contributed by atoms with Gasteiger partial charge in [0.05, 0.1) is 22.9 Å². The summed E-state index contributed by atoms with van der Waals surface area (Å²) in [5.74, 6) is 0.0846. The summed E-state index contributed by atoms with van der Waals surface area (Å²) in [6.45, 7) is 8.11. The molecule has 0 aliphatic rings. The van der Waals surface area contributed by atoms with Gasteiger partial charge in [-0.2, -0.15) is 0 Å². The highest BCUT2D eigenvalue weighted by molar-refractivity contribution is 7.99. The fourth-order valence-electron chi connectivity index (χ4n) is 3.07. The first kappa shape index (κ1) is 24.8. The van der Waals surface area contributed by atoms with Crippen molar-refractivity contribution in [2.75, 3.05) is 16.4 Å². The number of halogens is 2. The van der Waals surface area contributed by atoms with E-state index >= 15 is 0 Å². The molecule has 3 aromatic rings. The number of carbonyl (C=O) groups is 2. The Labute approximate surface area is 206 Å². The molecule has 2 amide bonds. The average Bonchev–Trinajstić information content (AvgIpc) is 3.13. The number of nitrogens with one attached hydrogen (secondary N) is 2. The highest BCUT2D eigenvalue weighted by atomic mass is 35.5. The van der Waals surface area contributed by atoms with Gasteiger partial charge in [-0.05, 0) is 43.7 Å². The van der Waals surface area contributed by atoms with Crippen LogP contribution < -0.4 is 10.6 Å². The van der Waals surface area contributed by atoms with Gasteiger partial charge in [0.25, 0.3) is 0 Å². The second-order valence-corrected chi connectivity index (χ2v) is 9.09. The number of carbonyl (C=O) groups excluding carboxylic acids is 2. The summed E-state index contributed by atoms with van der Waals surface area (Å²) in [6, 6.07) is 10.7. The standard InChI is InChI=1S/C23H23Cl2N5O2S/c1-4-9-30-20(12-21(31)26-18-8-5-14(2)10-15(18)3)28-29-23(30)33-13-22(32)27-19-11-16(24)6-7-17(19)25/h4-8,10-11H,1,9,12-13H2,2-3H3,(H,26,31)(H,27,32). The van der Waals surface area contributed by atoms with Crippen LogP contribution in [0.1, 0.15) is 17.0 Å². The number of rotatable bonds is 9. The molecule has 0 bridgehead atoms. The summed E-state index contributed by atoms with van der Waals surface area (Å²) in [5, 5.41) is 15.3. The Hall–Kier alpha value is -2.81. The maximum atomic E-state index is 12.6. The Bertz CT molecular complexity index is 1200. The molecular formula is C23H23Cl2N5O2S. The molecule has 0 saturated carbocycles. The lowest BCUT2D eigenvalue weighted by molar-refractivity contribution is -0.116. The van der Waals surface area contributed by atoms with Crippen LogP contribution in [0, 0.1) is 13.8 Å². The Balaban J connectivity index is 1.64. The fraction of sp³-hybridized carbons (Fsp3) is 0.217. The zero-order chi connectivity index (χ0) is 24.0. The molecule has 0 aliphatic carbocycles. The van der Waals surface area contributed by atoms with Crippen molar-refractivity contribution in [3.8, 4) is 0 Å². The molecule has 0 atom stereocenters. The largest absolute Gasteiger partial charge is 0.325 e. The molecule has 1 heterocycles. The third-order valence-electron chi connectivity index (χ3n) is 4.61. The topological polar surface area (TPSA) is 88.9 Å². The van der Waals surface area contributed by atoms with E-state index in [0.717, 1.165) is 16.8 Å². The van der Waals surface area contributed by atoms with Gasteiger partial charge in [-0.15, -0.1) is 16.8 Å². The zero-order valence-electron chi connectivity index (χ0n) is 18.2. The zero-order valence-corrected chi connectivity index (χ0v) is 20.5. The van der Waals surface area contributed by atoms with Crippen molar-refractivity contribution in [3.05, 3.63) is 76.0 Å². The lowest BCUT2D eigenvalue weighted by atomic mass is 10.1. The van der Waals surface area contributed by atoms with Crippen molar-refractivity contribution < 1.29 is 9.59 Å². The van der Waals surface area contributed by atoms with E-state index in [1.165, 1.54) is 11.8 Å². The Morgan fingerprint density at radius 3 is 2.55 bits per heavy atom. The molecular weight excluding hydrogens is 481 g/mol. The van der Waals surface area contributed by atoms with E-state index < -0.39 is 0 Å². The predicted octanol–water partition coefficient (Wildman–Crippen LogP) is 5.30. The first-order valence-electron chi connectivity index (χ1n) is 10.0. The molecule has 172 valence electrons. The minimum atomic E-state index is -0.272. The van der Waals surface area contributed by atoms with Gasteiger partial charge in [-0.25, -0.2) is 0 Å². The van der Waals surface area contributed by atoms with Crippen LogP contribution in [-0.4, -0.2) is 32.3 Å². The molecule has 7 nitrogen and oxygen atoms in total. The van der Waals surface area contributed by atoms with Gasteiger partial charge in [-0.1, -0.05) is 58.7 Å². The van der Waals surface area contributed by atoms with Gasteiger partial charge in [0, 0.05) is 17.3 Å². The molecule has 0 saturated heterocycles. The minimum Gasteiger partial charge on any atom is -0.325 e. The normalized spacial score (nSPS) is 10.7. The summed E-state index contributed by atoms with van der Waals surface area (Å²) >= 11 is 13.3. The first-order valence-corrected chi connectivity index (χ1v) is 11.8. The van der Waals surface area contributed by atoms with Crippen LogP contribution >= 0.6 is 35.0 Å². The van der Waals surface area contributed by atoms with Gasteiger partial charge >= 0.3 is 0 Å². The number of hydrogen-bond acceptors (Lipinski definition) is 5. The number of allylic oxidation sites excluding steroid dienone is 1. The number of hydrogen-bond donors (Lipinski definition) is 2. The SMILES string of the molecule is C=CCn1c(CC(=O)Nc2ccc(C)cc2C)nnc1SCC(=O)Nc1cc(Cl)ccc1Cl. The Morgan fingerprint density at radius 1 is 1.06 bits per heavy atom. The van der Waals surface area contributed by atoms with Crippen LogP contribution in [0.3, 0.4) is 0 Å². The van der Waals surface area contributed by atoms with Crippen LogP contribution in [0.15, 0.2) is 54.2 Å². The van der Waals surface area contributed by atoms with E-state index in [2.05, 4.69) is 27.4 Å². The van der Waals surface area contributed by atoms with Gasteiger partial charge < -0.3 is 15.2 Å². The quantitative estimate of drug-likeness (QED) is 0.305.